The van der Waals surface area contributed by atoms with E-state index in [9.17, 15) is 0 Å². The Morgan fingerprint density at radius 1 is 1.35 bits per heavy atom. The molecule has 1 aliphatic heterocycles. The summed E-state index contributed by atoms with van der Waals surface area (Å²) in [7, 11) is 2.19. The number of piperidine rings is 1. The van der Waals surface area contributed by atoms with E-state index in [0.29, 0.717) is 6.04 Å². The van der Waals surface area contributed by atoms with Crippen molar-refractivity contribution in [2.75, 3.05) is 13.6 Å². The third-order valence-corrected chi connectivity index (χ3v) is 4.74. The SMILES string of the molecule is CN1CCCC(N)C1c1csc2ccccc12. The van der Waals surface area contributed by atoms with Gasteiger partial charge in [-0.05, 0) is 48.8 Å². The van der Waals surface area contributed by atoms with Crippen molar-refractivity contribution >= 4 is 21.4 Å². The van der Waals surface area contributed by atoms with E-state index in [0.717, 1.165) is 13.0 Å². The molecule has 1 saturated heterocycles. The summed E-state index contributed by atoms with van der Waals surface area (Å²) in [5.74, 6) is 0. The van der Waals surface area contributed by atoms with E-state index >= 15 is 0 Å². The van der Waals surface area contributed by atoms with E-state index in [1.165, 1.54) is 22.1 Å². The lowest BCUT2D eigenvalue weighted by molar-refractivity contribution is 0.164. The number of likely N-dealkylation sites (tertiary alicyclic amines) is 1. The zero-order chi connectivity index (χ0) is 11.8. The lowest BCUT2D eigenvalue weighted by Gasteiger charge is -2.37. The first-order valence-corrected chi connectivity index (χ1v) is 7.07. The monoisotopic (exact) mass is 246 g/mol. The minimum Gasteiger partial charge on any atom is -0.326 e. The molecule has 0 radical (unpaired) electrons. The Bertz CT molecular complexity index is 510. The van der Waals surface area contributed by atoms with Gasteiger partial charge in [0, 0.05) is 10.7 Å². The Balaban J connectivity index is 2.07. The summed E-state index contributed by atoms with van der Waals surface area (Å²) in [6.07, 6.45) is 2.36. The molecular weight excluding hydrogens is 228 g/mol. The van der Waals surface area contributed by atoms with Crippen LogP contribution < -0.4 is 5.73 Å². The molecule has 2 unspecified atom stereocenters. The minimum absolute atomic E-state index is 0.270. The number of likely N-dealkylation sites (N-methyl/N-ethyl adjacent to an activating group) is 1. The van der Waals surface area contributed by atoms with Crippen molar-refractivity contribution in [3.05, 3.63) is 35.2 Å². The van der Waals surface area contributed by atoms with E-state index in [2.05, 4.69) is 41.6 Å². The quantitative estimate of drug-likeness (QED) is 0.838. The first-order valence-electron chi connectivity index (χ1n) is 6.19. The van der Waals surface area contributed by atoms with Crippen molar-refractivity contribution in [1.82, 2.24) is 4.90 Å². The van der Waals surface area contributed by atoms with Gasteiger partial charge >= 0.3 is 0 Å². The molecule has 3 rings (SSSR count). The van der Waals surface area contributed by atoms with Crippen LogP contribution in [0.3, 0.4) is 0 Å². The molecule has 0 bridgehead atoms. The molecule has 1 aliphatic rings. The third kappa shape index (κ3) is 1.88. The van der Waals surface area contributed by atoms with Crippen LogP contribution in [-0.4, -0.2) is 24.5 Å². The minimum atomic E-state index is 0.270. The van der Waals surface area contributed by atoms with Gasteiger partial charge in [-0.25, -0.2) is 0 Å². The van der Waals surface area contributed by atoms with Crippen LogP contribution in [0.25, 0.3) is 10.1 Å². The van der Waals surface area contributed by atoms with Crippen LogP contribution in [0.1, 0.15) is 24.4 Å². The predicted molar refractivity (Wildman–Crippen MR) is 74.4 cm³/mol. The highest BCUT2D eigenvalue weighted by Gasteiger charge is 2.29. The van der Waals surface area contributed by atoms with Gasteiger partial charge in [0.1, 0.15) is 0 Å². The molecule has 1 fully saturated rings. The maximum atomic E-state index is 6.31. The Kier molecular flexibility index (Phi) is 2.90. The standard InChI is InChI=1S/C14H18N2S/c1-16-8-4-6-12(15)14(16)11-9-17-13-7-3-2-5-10(11)13/h2-3,5,7,9,12,14H,4,6,8,15H2,1H3. The molecule has 2 aromatic rings. The zero-order valence-electron chi connectivity index (χ0n) is 10.1. The average molecular weight is 246 g/mol. The van der Waals surface area contributed by atoms with Gasteiger partial charge in [0.15, 0.2) is 0 Å². The van der Waals surface area contributed by atoms with E-state index in [-0.39, 0.29) is 6.04 Å². The summed E-state index contributed by atoms with van der Waals surface area (Å²) in [6, 6.07) is 9.29. The normalized spacial score (nSPS) is 26.5. The number of thiophene rings is 1. The Labute approximate surface area is 106 Å². The lowest BCUT2D eigenvalue weighted by Crippen LogP contribution is -2.43. The second kappa shape index (κ2) is 4.41. The molecule has 2 heterocycles. The number of benzene rings is 1. The van der Waals surface area contributed by atoms with Gasteiger partial charge < -0.3 is 5.73 Å². The fourth-order valence-electron chi connectivity index (χ4n) is 2.90. The van der Waals surface area contributed by atoms with Gasteiger partial charge in [-0.1, -0.05) is 18.2 Å². The molecule has 1 aromatic heterocycles. The smallest absolute Gasteiger partial charge is 0.0510 e. The largest absolute Gasteiger partial charge is 0.326 e. The molecule has 17 heavy (non-hydrogen) atoms. The highest BCUT2D eigenvalue weighted by molar-refractivity contribution is 7.17. The fraction of sp³-hybridized carbons (Fsp3) is 0.429. The van der Waals surface area contributed by atoms with Crippen molar-refractivity contribution < 1.29 is 0 Å². The molecule has 0 aliphatic carbocycles. The average Bonchev–Trinajstić information content (AvgIpc) is 2.73. The topological polar surface area (TPSA) is 29.3 Å². The van der Waals surface area contributed by atoms with E-state index in [1.807, 2.05) is 11.3 Å². The number of nitrogens with zero attached hydrogens (tertiary/aromatic N) is 1. The summed E-state index contributed by atoms with van der Waals surface area (Å²) >= 11 is 1.83. The highest BCUT2D eigenvalue weighted by atomic mass is 32.1. The lowest BCUT2D eigenvalue weighted by atomic mass is 9.91. The van der Waals surface area contributed by atoms with Gasteiger partial charge in [-0.2, -0.15) is 0 Å². The maximum Gasteiger partial charge on any atom is 0.0510 e. The molecule has 1 aromatic carbocycles. The van der Waals surface area contributed by atoms with Gasteiger partial charge in [-0.3, -0.25) is 4.90 Å². The summed E-state index contributed by atoms with van der Waals surface area (Å²) in [4.78, 5) is 2.41. The summed E-state index contributed by atoms with van der Waals surface area (Å²) in [6.45, 7) is 1.16. The van der Waals surface area contributed by atoms with Crippen molar-refractivity contribution in [3.8, 4) is 0 Å². The maximum absolute atomic E-state index is 6.31. The summed E-state index contributed by atoms with van der Waals surface area (Å²) in [5, 5.41) is 3.67. The van der Waals surface area contributed by atoms with Gasteiger partial charge in [0.25, 0.3) is 0 Å². The number of fused-ring (bicyclic) bond motifs is 1. The summed E-state index contributed by atoms with van der Waals surface area (Å²) in [5.41, 5.74) is 7.73. The second-order valence-corrected chi connectivity index (χ2v) is 5.83. The predicted octanol–water partition coefficient (Wildman–Crippen LogP) is 3.00. The Hall–Kier alpha value is -0.900. The van der Waals surface area contributed by atoms with Crippen molar-refractivity contribution in [3.63, 3.8) is 0 Å². The Morgan fingerprint density at radius 2 is 2.18 bits per heavy atom. The molecule has 3 heteroatoms. The van der Waals surface area contributed by atoms with Crippen LogP contribution >= 0.6 is 11.3 Å². The Morgan fingerprint density at radius 3 is 3.00 bits per heavy atom. The zero-order valence-corrected chi connectivity index (χ0v) is 10.9. The van der Waals surface area contributed by atoms with E-state index < -0.39 is 0 Å². The van der Waals surface area contributed by atoms with E-state index in [4.69, 9.17) is 5.73 Å². The number of hydrogen-bond donors (Lipinski definition) is 1. The fourth-order valence-corrected chi connectivity index (χ4v) is 3.89. The molecule has 0 spiro atoms. The van der Waals surface area contributed by atoms with Crippen molar-refractivity contribution in [2.45, 2.75) is 24.9 Å². The van der Waals surface area contributed by atoms with Crippen LogP contribution in [0.4, 0.5) is 0 Å². The second-order valence-electron chi connectivity index (χ2n) is 4.92. The van der Waals surface area contributed by atoms with Crippen LogP contribution in [0.15, 0.2) is 29.6 Å². The molecule has 0 saturated carbocycles. The van der Waals surface area contributed by atoms with Crippen molar-refractivity contribution in [2.24, 2.45) is 5.73 Å². The molecule has 2 nitrogen and oxygen atoms in total. The number of nitrogens with two attached hydrogens (primary N) is 1. The molecule has 2 atom stereocenters. The number of hydrogen-bond acceptors (Lipinski definition) is 3. The first kappa shape index (κ1) is 11.2. The molecular formula is C14H18N2S. The molecule has 2 N–H and O–H groups in total. The van der Waals surface area contributed by atoms with Crippen LogP contribution in [0.5, 0.6) is 0 Å². The van der Waals surface area contributed by atoms with Crippen LogP contribution in [0.2, 0.25) is 0 Å². The van der Waals surface area contributed by atoms with Crippen LogP contribution in [0, 0.1) is 0 Å². The highest BCUT2D eigenvalue weighted by Crippen LogP contribution is 2.36. The van der Waals surface area contributed by atoms with Crippen molar-refractivity contribution in [1.29, 1.82) is 0 Å². The third-order valence-electron chi connectivity index (χ3n) is 3.76. The first-order chi connectivity index (χ1) is 8.27. The molecule has 90 valence electrons. The van der Waals surface area contributed by atoms with Gasteiger partial charge in [-0.15, -0.1) is 11.3 Å². The van der Waals surface area contributed by atoms with Gasteiger partial charge in [0.05, 0.1) is 6.04 Å². The molecule has 0 amide bonds. The van der Waals surface area contributed by atoms with E-state index in [1.54, 1.807) is 0 Å². The number of rotatable bonds is 1. The van der Waals surface area contributed by atoms with Crippen LogP contribution in [-0.2, 0) is 0 Å². The van der Waals surface area contributed by atoms with Gasteiger partial charge in [0.2, 0.25) is 0 Å². The summed E-state index contributed by atoms with van der Waals surface area (Å²) < 4.78 is 1.37.